The number of benzene rings is 2. The SMILES string of the molecule is CCOc1ccc(C)cc1S(=O)(=O)NC[C@H](O)c1ccc(SC)cc1. The minimum atomic E-state index is -3.79. The second-order valence-corrected chi connectivity index (χ2v) is 8.14. The third-order valence-electron chi connectivity index (χ3n) is 3.66. The van der Waals surface area contributed by atoms with E-state index in [2.05, 4.69) is 4.72 Å². The Labute approximate surface area is 153 Å². The van der Waals surface area contributed by atoms with Gasteiger partial charge in [-0.1, -0.05) is 18.2 Å². The fourth-order valence-electron chi connectivity index (χ4n) is 2.31. The van der Waals surface area contributed by atoms with Gasteiger partial charge in [0.2, 0.25) is 10.0 Å². The van der Waals surface area contributed by atoms with E-state index in [-0.39, 0.29) is 11.4 Å². The molecule has 0 amide bonds. The molecule has 0 saturated carbocycles. The summed E-state index contributed by atoms with van der Waals surface area (Å²) in [6, 6.07) is 12.4. The molecule has 0 bridgehead atoms. The number of aliphatic hydroxyl groups excluding tert-OH is 1. The van der Waals surface area contributed by atoms with Crippen molar-refractivity contribution in [1.82, 2.24) is 4.72 Å². The Bertz CT molecular complexity index is 804. The van der Waals surface area contributed by atoms with E-state index in [1.165, 1.54) is 0 Å². The molecule has 0 aromatic heterocycles. The summed E-state index contributed by atoms with van der Waals surface area (Å²) >= 11 is 1.60. The highest BCUT2D eigenvalue weighted by atomic mass is 32.2. The van der Waals surface area contributed by atoms with Crippen LogP contribution in [0.4, 0.5) is 0 Å². The molecule has 136 valence electrons. The molecule has 0 unspecified atom stereocenters. The van der Waals surface area contributed by atoms with Crippen molar-refractivity contribution < 1.29 is 18.3 Å². The van der Waals surface area contributed by atoms with Crippen LogP contribution in [0, 0.1) is 6.92 Å². The van der Waals surface area contributed by atoms with E-state index < -0.39 is 16.1 Å². The fraction of sp³-hybridized carbons (Fsp3) is 0.333. The van der Waals surface area contributed by atoms with Crippen molar-refractivity contribution in [3.8, 4) is 5.75 Å². The molecule has 0 heterocycles. The molecule has 0 aliphatic rings. The Kier molecular flexibility index (Phi) is 6.89. The zero-order chi connectivity index (χ0) is 18.4. The Morgan fingerprint density at radius 3 is 2.48 bits per heavy atom. The van der Waals surface area contributed by atoms with Crippen molar-refractivity contribution in [3.63, 3.8) is 0 Å². The van der Waals surface area contributed by atoms with Crippen molar-refractivity contribution >= 4 is 21.8 Å². The number of aliphatic hydroxyl groups is 1. The largest absolute Gasteiger partial charge is 0.492 e. The molecular formula is C18H23NO4S2. The molecule has 7 heteroatoms. The number of rotatable bonds is 8. The predicted octanol–water partition coefficient (Wildman–Crippen LogP) is 3.13. The smallest absolute Gasteiger partial charge is 0.244 e. The van der Waals surface area contributed by atoms with Gasteiger partial charge in [0.05, 0.1) is 12.7 Å². The van der Waals surface area contributed by atoms with E-state index in [4.69, 9.17) is 4.74 Å². The highest BCUT2D eigenvalue weighted by Crippen LogP contribution is 2.25. The van der Waals surface area contributed by atoms with E-state index in [9.17, 15) is 13.5 Å². The van der Waals surface area contributed by atoms with E-state index in [1.807, 2.05) is 25.3 Å². The molecule has 0 aliphatic heterocycles. The van der Waals surface area contributed by atoms with Crippen LogP contribution in [0.15, 0.2) is 52.3 Å². The van der Waals surface area contributed by atoms with Crippen molar-refractivity contribution in [1.29, 1.82) is 0 Å². The van der Waals surface area contributed by atoms with Crippen LogP contribution in [0.2, 0.25) is 0 Å². The summed E-state index contributed by atoms with van der Waals surface area (Å²) in [5.74, 6) is 0.305. The number of aryl methyl sites for hydroxylation is 1. The van der Waals surface area contributed by atoms with Gasteiger partial charge in [-0.3, -0.25) is 0 Å². The van der Waals surface area contributed by atoms with Gasteiger partial charge in [0, 0.05) is 11.4 Å². The fourth-order valence-corrected chi connectivity index (χ4v) is 3.98. The molecule has 2 aromatic rings. The lowest BCUT2D eigenvalue weighted by Gasteiger charge is -2.15. The van der Waals surface area contributed by atoms with E-state index >= 15 is 0 Å². The highest BCUT2D eigenvalue weighted by molar-refractivity contribution is 7.98. The summed E-state index contributed by atoms with van der Waals surface area (Å²) in [6.45, 7) is 3.87. The van der Waals surface area contributed by atoms with Gasteiger partial charge >= 0.3 is 0 Å². The molecule has 25 heavy (non-hydrogen) atoms. The average Bonchev–Trinajstić information content (AvgIpc) is 2.61. The summed E-state index contributed by atoms with van der Waals surface area (Å²) in [7, 11) is -3.79. The Morgan fingerprint density at radius 1 is 1.20 bits per heavy atom. The lowest BCUT2D eigenvalue weighted by atomic mass is 10.1. The number of hydrogen-bond donors (Lipinski definition) is 2. The van der Waals surface area contributed by atoms with Gasteiger partial charge in [-0.25, -0.2) is 13.1 Å². The van der Waals surface area contributed by atoms with Crippen LogP contribution < -0.4 is 9.46 Å². The first kappa shape index (κ1) is 19.8. The molecule has 0 fully saturated rings. The van der Waals surface area contributed by atoms with Crippen molar-refractivity contribution in [2.75, 3.05) is 19.4 Å². The van der Waals surface area contributed by atoms with Gasteiger partial charge < -0.3 is 9.84 Å². The molecule has 2 aromatic carbocycles. The average molecular weight is 382 g/mol. The Morgan fingerprint density at radius 2 is 1.88 bits per heavy atom. The zero-order valence-corrected chi connectivity index (χ0v) is 16.2. The number of thioether (sulfide) groups is 1. The minimum Gasteiger partial charge on any atom is -0.492 e. The maximum absolute atomic E-state index is 12.6. The first-order chi connectivity index (χ1) is 11.9. The number of hydrogen-bond acceptors (Lipinski definition) is 5. The first-order valence-corrected chi connectivity index (χ1v) is 10.6. The van der Waals surface area contributed by atoms with E-state index in [0.29, 0.717) is 17.9 Å². The molecule has 0 aliphatic carbocycles. The van der Waals surface area contributed by atoms with Gasteiger partial charge in [0.15, 0.2) is 0 Å². The summed E-state index contributed by atoms with van der Waals surface area (Å²) < 4.78 is 33.1. The van der Waals surface area contributed by atoms with E-state index in [1.54, 1.807) is 49.0 Å². The topological polar surface area (TPSA) is 75.6 Å². The monoisotopic (exact) mass is 381 g/mol. The Hall–Kier alpha value is -1.54. The summed E-state index contributed by atoms with van der Waals surface area (Å²) in [4.78, 5) is 1.16. The molecule has 2 rings (SSSR count). The van der Waals surface area contributed by atoms with Crippen LogP contribution in [-0.2, 0) is 10.0 Å². The lowest BCUT2D eigenvalue weighted by Crippen LogP contribution is -2.29. The minimum absolute atomic E-state index is 0.0827. The third kappa shape index (κ3) is 5.22. The normalized spacial score (nSPS) is 12.8. The van der Waals surface area contributed by atoms with Crippen molar-refractivity contribution in [2.45, 2.75) is 29.7 Å². The molecule has 1 atom stereocenters. The van der Waals surface area contributed by atoms with Crippen molar-refractivity contribution in [3.05, 3.63) is 53.6 Å². The number of nitrogens with one attached hydrogen (secondary N) is 1. The molecule has 0 saturated heterocycles. The van der Waals surface area contributed by atoms with Crippen LogP contribution >= 0.6 is 11.8 Å². The van der Waals surface area contributed by atoms with Gasteiger partial charge in [0.25, 0.3) is 0 Å². The van der Waals surface area contributed by atoms with Gasteiger partial charge in [-0.15, -0.1) is 11.8 Å². The second kappa shape index (κ2) is 8.71. The zero-order valence-electron chi connectivity index (χ0n) is 14.5. The predicted molar refractivity (Wildman–Crippen MR) is 101 cm³/mol. The van der Waals surface area contributed by atoms with Gasteiger partial charge in [0.1, 0.15) is 10.6 Å². The summed E-state index contributed by atoms with van der Waals surface area (Å²) in [5, 5.41) is 10.3. The molecule has 0 radical (unpaired) electrons. The van der Waals surface area contributed by atoms with Gasteiger partial charge in [-0.05, 0) is 55.5 Å². The number of ether oxygens (including phenoxy) is 1. The molecular weight excluding hydrogens is 358 g/mol. The highest BCUT2D eigenvalue weighted by Gasteiger charge is 2.21. The summed E-state index contributed by atoms with van der Waals surface area (Å²) in [6.07, 6.45) is 1.04. The standard InChI is InChI=1S/C18H23NO4S2/c1-4-23-17-10-5-13(2)11-18(17)25(21,22)19-12-16(20)14-6-8-15(24-3)9-7-14/h5-11,16,19-20H,4,12H2,1-3H3/t16-/m0/s1. The maximum Gasteiger partial charge on any atom is 0.244 e. The van der Waals surface area contributed by atoms with Crippen molar-refractivity contribution in [2.24, 2.45) is 0 Å². The second-order valence-electron chi connectivity index (χ2n) is 5.52. The van der Waals surface area contributed by atoms with Crippen LogP contribution in [0.5, 0.6) is 5.75 Å². The summed E-state index contributed by atoms with van der Waals surface area (Å²) in [5.41, 5.74) is 1.48. The van der Waals surface area contributed by atoms with Gasteiger partial charge in [-0.2, -0.15) is 0 Å². The first-order valence-electron chi connectivity index (χ1n) is 7.92. The molecule has 2 N–H and O–H groups in total. The van der Waals surface area contributed by atoms with Crippen LogP contribution in [0.3, 0.4) is 0 Å². The Balaban J connectivity index is 2.14. The van der Waals surface area contributed by atoms with Crippen LogP contribution in [0.25, 0.3) is 0 Å². The number of sulfonamides is 1. The van der Waals surface area contributed by atoms with Crippen LogP contribution in [0.1, 0.15) is 24.2 Å². The lowest BCUT2D eigenvalue weighted by molar-refractivity contribution is 0.182. The van der Waals surface area contributed by atoms with Crippen LogP contribution in [-0.4, -0.2) is 32.9 Å². The maximum atomic E-state index is 12.6. The molecule has 0 spiro atoms. The van der Waals surface area contributed by atoms with E-state index in [0.717, 1.165) is 10.5 Å². The molecule has 5 nitrogen and oxygen atoms in total. The quantitative estimate of drug-likeness (QED) is 0.687. The third-order valence-corrected chi connectivity index (χ3v) is 5.84.